The van der Waals surface area contributed by atoms with Crippen LogP contribution in [0.15, 0.2) is 54.0 Å². The highest BCUT2D eigenvalue weighted by Crippen LogP contribution is 2.26. The number of thiazole rings is 1. The van der Waals surface area contributed by atoms with Crippen LogP contribution in [0.1, 0.15) is 0 Å². The summed E-state index contributed by atoms with van der Waals surface area (Å²) in [6.45, 7) is 0. The zero-order chi connectivity index (χ0) is 13.1. The summed E-state index contributed by atoms with van der Waals surface area (Å²) in [5.74, 6) is 0.792. The minimum Gasteiger partial charge on any atom is -0.399 e. The Morgan fingerprint density at radius 2 is 1.89 bits per heavy atom. The Labute approximate surface area is 115 Å². The number of anilines is 3. The molecule has 4 nitrogen and oxygen atoms in total. The summed E-state index contributed by atoms with van der Waals surface area (Å²) >= 11 is 1.55. The summed E-state index contributed by atoms with van der Waals surface area (Å²) in [5.41, 5.74) is 8.42. The van der Waals surface area contributed by atoms with Crippen molar-refractivity contribution >= 4 is 28.0 Å². The van der Waals surface area contributed by atoms with E-state index in [9.17, 15) is 0 Å². The Kier molecular flexibility index (Phi) is 3.12. The number of aromatic nitrogens is 2. The molecule has 0 atom stereocenters. The number of hydrogen-bond acceptors (Lipinski definition) is 5. The minimum atomic E-state index is 0.755. The van der Waals surface area contributed by atoms with Crippen LogP contribution in [0.25, 0.3) is 11.3 Å². The van der Waals surface area contributed by atoms with Crippen LogP contribution in [-0.2, 0) is 0 Å². The molecule has 1 aromatic carbocycles. The highest BCUT2D eigenvalue weighted by atomic mass is 32.1. The Bertz CT molecular complexity index is 661. The topological polar surface area (TPSA) is 63.8 Å². The molecule has 0 radical (unpaired) electrons. The second-order valence-corrected chi connectivity index (χ2v) is 4.86. The summed E-state index contributed by atoms with van der Waals surface area (Å²) in [7, 11) is 0. The third-order valence-electron chi connectivity index (χ3n) is 2.61. The third kappa shape index (κ3) is 2.71. The smallest absolute Gasteiger partial charge is 0.188 e. The van der Waals surface area contributed by atoms with Crippen molar-refractivity contribution in [1.82, 2.24) is 9.97 Å². The first-order chi connectivity index (χ1) is 9.31. The summed E-state index contributed by atoms with van der Waals surface area (Å²) in [6, 6.07) is 13.4. The molecule has 2 heterocycles. The summed E-state index contributed by atoms with van der Waals surface area (Å²) in [6.07, 6.45) is 1.75. The predicted octanol–water partition coefficient (Wildman–Crippen LogP) is 3.53. The van der Waals surface area contributed by atoms with Crippen LogP contribution < -0.4 is 11.1 Å². The van der Waals surface area contributed by atoms with Crippen LogP contribution in [0.4, 0.5) is 16.6 Å². The number of nitrogen functional groups attached to an aromatic ring is 1. The molecule has 19 heavy (non-hydrogen) atoms. The standard InChI is InChI=1S/C14H12N4S/c15-11-6-4-10(5-7-11)12-9-19-14(17-12)18-13-3-1-2-8-16-13/h1-9H,15H2,(H,16,17,18). The lowest BCUT2D eigenvalue weighted by Crippen LogP contribution is -1.91. The van der Waals surface area contributed by atoms with Crippen molar-refractivity contribution in [2.75, 3.05) is 11.1 Å². The van der Waals surface area contributed by atoms with E-state index in [1.165, 1.54) is 0 Å². The van der Waals surface area contributed by atoms with E-state index >= 15 is 0 Å². The van der Waals surface area contributed by atoms with E-state index in [0.29, 0.717) is 0 Å². The van der Waals surface area contributed by atoms with Gasteiger partial charge in [0.15, 0.2) is 5.13 Å². The Hall–Kier alpha value is -2.40. The lowest BCUT2D eigenvalue weighted by molar-refractivity contribution is 1.29. The molecule has 3 rings (SSSR count). The van der Waals surface area contributed by atoms with E-state index in [2.05, 4.69) is 15.3 Å². The van der Waals surface area contributed by atoms with Gasteiger partial charge < -0.3 is 11.1 Å². The molecule has 0 saturated carbocycles. The Morgan fingerprint density at radius 1 is 1.05 bits per heavy atom. The van der Waals surface area contributed by atoms with E-state index in [0.717, 1.165) is 27.9 Å². The number of nitrogens with zero attached hydrogens (tertiary/aromatic N) is 2. The maximum Gasteiger partial charge on any atom is 0.188 e. The average molecular weight is 268 g/mol. The largest absolute Gasteiger partial charge is 0.399 e. The van der Waals surface area contributed by atoms with Crippen molar-refractivity contribution in [3.8, 4) is 11.3 Å². The predicted molar refractivity (Wildman–Crippen MR) is 79.5 cm³/mol. The van der Waals surface area contributed by atoms with E-state index < -0.39 is 0 Å². The SMILES string of the molecule is Nc1ccc(-c2csc(Nc3ccccn3)n2)cc1. The summed E-state index contributed by atoms with van der Waals surface area (Å²) in [5, 5.41) is 6.01. The average Bonchev–Trinajstić information content (AvgIpc) is 2.89. The van der Waals surface area contributed by atoms with Crippen molar-refractivity contribution in [2.45, 2.75) is 0 Å². The van der Waals surface area contributed by atoms with Gasteiger partial charge in [0.05, 0.1) is 5.69 Å². The van der Waals surface area contributed by atoms with Crippen LogP contribution in [0.2, 0.25) is 0 Å². The van der Waals surface area contributed by atoms with Gasteiger partial charge in [0, 0.05) is 22.8 Å². The fraction of sp³-hybridized carbons (Fsp3) is 0. The van der Waals surface area contributed by atoms with Gasteiger partial charge >= 0.3 is 0 Å². The Balaban J connectivity index is 1.82. The van der Waals surface area contributed by atoms with Crippen molar-refractivity contribution < 1.29 is 0 Å². The van der Waals surface area contributed by atoms with E-state index in [-0.39, 0.29) is 0 Å². The first-order valence-electron chi connectivity index (χ1n) is 5.81. The molecule has 2 aromatic heterocycles. The van der Waals surface area contributed by atoms with Gasteiger partial charge in [-0.15, -0.1) is 11.3 Å². The highest BCUT2D eigenvalue weighted by molar-refractivity contribution is 7.14. The van der Waals surface area contributed by atoms with E-state index in [4.69, 9.17) is 5.73 Å². The normalized spacial score (nSPS) is 10.3. The molecule has 0 saturated heterocycles. The zero-order valence-electron chi connectivity index (χ0n) is 10.1. The number of nitrogens with two attached hydrogens (primary N) is 1. The second kappa shape index (κ2) is 5.07. The molecule has 0 aliphatic carbocycles. The van der Waals surface area contributed by atoms with Gasteiger partial charge in [0.25, 0.3) is 0 Å². The number of pyridine rings is 1. The molecule has 0 unspecified atom stereocenters. The monoisotopic (exact) mass is 268 g/mol. The molecule has 3 N–H and O–H groups in total. The summed E-state index contributed by atoms with van der Waals surface area (Å²) < 4.78 is 0. The molecule has 0 spiro atoms. The molecule has 0 amide bonds. The number of rotatable bonds is 3. The maximum atomic E-state index is 5.67. The fourth-order valence-electron chi connectivity index (χ4n) is 1.66. The van der Waals surface area contributed by atoms with Crippen molar-refractivity contribution in [2.24, 2.45) is 0 Å². The highest BCUT2D eigenvalue weighted by Gasteiger charge is 2.04. The molecule has 0 bridgehead atoms. The molecular formula is C14H12N4S. The molecule has 0 fully saturated rings. The van der Waals surface area contributed by atoms with Crippen molar-refractivity contribution in [3.05, 3.63) is 54.0 Å². The van der Waals surface area contributed by atoms with Crippen LogP contribution in [0, 0.1) is 0 Å². The number of hydrogen-bond donors (Lipinski definition) is 2. The fourth-order valence-corrected chi connectivity index (χ4v) is 2.39. The first-order valence-corrected chi connectivity index (χ1v) is 6.69. The van der Waals surface area contributed by atoms with Crippen LogP contribution >= 0.6 is 11.3 Å². The molecular weight excluding hydrogens is 256 g/mol. The van der Waals surface area contributed by atoms with Gasteiger partial charge in [0.2, 0.25) is 0 Å². The third-order valence-corrected chi connectivity index (χ3v) is 3.37. The first kappa shape index (κ1) is 11.7. The number of benzene rings is 1. The molecule has 0 aliphatic heterocycles. The summed E-state index contributed by atoms with van der Waals surface area (Å²) in [4.78, 5) is 8.74. The van der Waals surface area contributed by atoms with Crippen LogP contribution in [0.5, 0.6) is 0 Å². The molecule has 94 valence electrons. The lowest BCUT2D eigenvalue weighted by Gasteiger charge is -2.00. The minimum absolute atomic E-state index is 0.755. The van der Waals surface area contributed by atoms with E-state index in [1.54, 1.807) is 17.5 Å². The van der Waals surface area contributed by atoms with Crippen LogP contribution in [0.3, 0.4) is 0 Å². The molecule has 3 aromatic rings. The van der Waals surface area contributed by atoms with Gasteiger partial charge in [0.1, 0.15) is 5.82 Å². The number of nitrogens with one attached hydrogen (secondary N) is 1. The van der Waals surface area contributed by atoms with Gasteiger partial charge in [-0.1, -0.05) is 18.2 Å². The van der Waals surface area contributed by atoms with E-state index in [1.807, 2.05) is 47.8 Å². The lowest BCUT2D eigenvalue weighted by atomic mass is 10.1. The zero-order valence-corrected chi connectivity index (χ0v) is 10.9. The second-order valence-electron chi connectivity index (χ2n) is 4.00. The Morgan fingerprint density at radius 3 is 2.63 bits per heavy atom. The maximum absolute atomic E-state index is 5.67. The van der Waals surface area contributed by atoms with Gasteiger partial charge in [-0.05, 0) is 24.3 Å². The van der Waals surface area contributed by atoms with Gasteiger partial charge in [-0.25, -0.2) is 9.97 Å². The van der Waals surface area contributed by atoms with Crippen LogP contribution in [-0.4, -0.2) is 9.97 Å². The van der Waals surface area contributed by atoms with Gasteiger partial charge in [-0.2, -0.15) is 0 Å². The molecule has 5 heteroatoms. The quantitative estimate of drug-likeness (QED) is 0.713. The molecule has 0 aliphatic rings. The van der Waals surface area contributed by atoms with Crippen molar-refractivity contribution in [3.63, 3.8) is 0 Å². The van der Waals surface area contributed by atoms with Gasteiger partial charge in [-0.3, -0.25) is 0 Å². The van der Waals surface area contributed by atoms with Crippen molar-refractivity contribution in [1.29, 1.82) is 0 Å².